The summed E-state index contributed by atoms with van der Waals surface area (Å²) >= 11 is 0. The van der Waals surface area contributed by atoms with Crippen molar-refractivity contribution < 1.29 is 4.74 Å². The lowest BCUT2D eigenvalue weighted by molar-refractivity contribution is 0.122. The third-order valence-corrected chi connectivity index (χ3v) is 2.41. The Bertz CT molecular complexity index is 397. The number of aromatic nitrogens is 2. The van der Waals surface area contributed by atoms with E-state index in [0.29, 0.717) is 5.88 Å². The molecule has 0 aliphatic heterocycles. The lowest BCUT2D eigenvalue weighted by Crippen LogP contribution is -2.25. The van der Waals surface area contributed by atoms with Crippen LogP contribution in [0.2, 0.25) is 0 Å². The molecule has 1 heterocycles. The average molecular weight is 251 g/mol. The van der Waals surface area contributed by atoms with E-state index in [2.05, 4.69) is 29.1 Å². The van der Waals surface area contributed by atoms with E-state index in [1.54, 1.807) is 0 Å². The third kappa shape index (κ3) is 4.17. The first kappa shape index (κ1) is 14.7. The van der Waals surface area contributed by atoms with Gasteiger partial charge in [0, 0.05) is 13.0 Å². The summed E-state index contributed by atoms with van der Waals surface area (Å²) in [5.74, 6) is 2.40. The van der Waals surface area contributed by atoms with Crippen LogP contribution in [0.15, 0.2) is 0 Å². The molecule has 1 aromatic heterocycles. The van der Waals surface area contributed by atoms with Crippen molar-refractivity contribution in [3.8, 4) is 5.88 Å². The molecule has 1 rings (SSSR count). The van der Waals surface area contributed by atoms with Gasteiger partial charge in [-0.1, -0.05) is 13.8 Å². The van der Waals surface area contributed by atoms with Gasteiger partial charge in [-0.15, -0.1) is 0 Å². The minimum absolute atomic E-state index is 0.244. The van der Waals surface area contributed by atoms with Crippen LogP contribution in [0.4, 0.5) is 5.82 Å². The molecule has 0 spiro atoms. The molecule has 0 aromatic carbocycles. The summed E-state index contributed by atoms with van der Waals surface area (Å²) in [4.78, 5) is 8.99. The molecule has 0 unspecified atom stereocenters. The average Bonchev–Trinajstić information content (AvgIpc) is 2.28. The van der Waals surface area contributed by atoms with Crippen molar-refractivity contribution in [3.63, 3.8) is 0 Å². The maximum atomic E-state index is 5.90. The second-order valence-electron chi connectivity index (χ2n) is 5.41. The quantitative estimate of drug-likeness (QED) is 0.871. The van der Waals surface area contributed by atoms with E-state index in [1.807, 2.05) is 27.7 Å². The second kappa shape index (κ2) is 6.03. The Kier molecular flexibility index (Phi) is 4.93. The highest BCUT2D eigenvalue weighted by molar-refractivity contribution is 5.48. The van der Waals surface area contributed by atoms with Crippen LogP contribution in [0.3, 0.4) is 0 Å². The van der Waals surface area contributed by atoms with Gasteiger partial charge in [-0.2, -0.15) is 4.98 Å². The lowest BCUT2D eigenvalue weighted by atomic mass is 10.2. The zero-order chi connectivity index (χ0) is 13.8. The molecule has 0 saturated carbocycles. The van der Waals surface area contributed by atoms with Gasteiger partial charge in [-0.05, 0) is 34.1 Å². The highest BCUT2D eigenvalue weighted by atomic mass is 16.5. The van der Waals surface area contributed by atoms with E-state index in [-0.39, 0.29) is 5.60 Å². The fourth-order valence-electron chi connectivity index (χ4n) is 1.50. The predicted molar refractivity (Wildman–Crippen MR) is 75.3 cm³/mol. The number of nitrogens with one attached hydrogen (secondary N) is 1. The van der Waals surface area contributed by atoms with E-state index in [4.69, 9.17) is 4.74 Å². The maximum Gasteiger partial charge on any atom is 0.222 e. The van der Waals surface area contributed by atoms with Crippen LogP contribution in [0.1, 0.15) is 52.4 Å². The first-order chi connectivity index (χ1) is 8.37. The summed E-state index contributed by atoms with van der Waals surface area (Å²) in [6.07, 6.45) is 1.88. The number of hydrogen-bond acceptors (Lipinski definition) is 4. The minimum Gasteiger partial charge on any atom is -0.472 e. The van der Waals surface area contributed by atoms with Crippen LogP contribution in [0, 0.1) is 6.92 Å². The van der Waals surface area contributed by atoms with Gasteiger partial charge in [0.1, 0.15) is 17.2 Å². The second-order valence-corrected chi connectivity index (χ2v) is 5.41. The van der Waals surface area contributed by atoms with Gasteiger partial charge < -0.3 is 10.1 Å². The van der Waals surface area contributed by atoms with Crippen molar-refractivity contribution in [3.05, 3.63) is 11.4 Å². The van der Waals surface area contributed by atoms with Gasteiger partial charge in [0.15, 0.2) is 0 Å². The zero-order valence-electron chi connectivity index (χ0n) is 12.4. The summed E-state index contributed by atoms with van der Waals surface area (Å²) in [7, 11) is 0. The Morgan fingerprint density at radius 1 is 1.17 bits per heavy atom. The predicted octanol–water partition coefficient (Wildman–Crippen LogP) is 3.35. The topological polar surface area (TPSA) is 47.0 Å². The summed E-state index contributed by atoms with van der Waals surface area (Å²) in [5, 5.41) is 3.33. The first-order valence-corrected chi connectivity index (χ1v) is 6.67. The Labute approximate surface area is 110 Å². The summed E-state index contributed by atoms with van der Waals surface area (Å²) < 4.78 is 5.90. The van der Waals surface area contributed by atoms with Crippen LogP contribution in [-0.4, -0.2) is 22.1 Å². The number of nitrogens with zero attached hydrogens (tertiary/aromatic N) is 2. The molecule has 1 N–H and O–H groups in total. The normalized spacial score (nSPS) is 11.4. The summed E-state index contributed by atoms with van der Waals surface area (Å²) in [6.45, 7) is 13.2. The van der Waals surface area contributed by atoms with Crippen molar-refractivity contribution in [1.29, 1.82) is 0 Å². The molecule has 0 fully saturated rings. The molecule has 18 heavy (non-hydrogen) atoms. The summed E-state index contributed by atoms with van der Waals surface area (Å²) in [6, 6.07) is 0. The molecule has 1 aromatic rings. The van der Waals surface area contributed by atoms with E-state index in [9.17, 15) is 0 Å². The van der Waals surface area contributed by atoms with Crippen molar-refractivity contribution in [1.82, 2.24) is 9.97 Å². The van der Waals surface area contributed by atoms with Crippen LogP contribution in [0.5, 0.6) is 5.88 Å². The van der Waals surface area contributed by atoms with Gasteiger partial charge in [-0.3, -0.25) is 0 Å². The molecule has 0 bridgehead atoms. The smallest absolute Gasteiger partial charge is 0.222 e. The van der Waals surface area contributed by atoms with Gasteiger partial charge in [0.05, 0.1) is 5.56 Å². The SMILES string of the molecule is CCCNc1nc(CC)nc(OC(C)(C)C)c1C. The molecule has 0 atom stereocenters. The molecule has 0 aliphatic rings. The molecule has 0 saturated heterocycles. The number of aryl methyl sites for hydroxylation is 1. The first-order valence-electron chi connectivity index (χ1n) is 6.67. The van der Waals surface area contributed by atoms with E-state index >= 15 is 0 Å². The molecular formula is C14H25N3O. The Morgan fingerprint density at radius 2 is 1.83 bits per heavy atom. The lowest BCUT2D eigenvalue weighted by Gasteiger charge is -2.23. The standard InChI is InChI=1S/C14H25N3O/c1-7-9-15-12-10(3)13(18-14(4,5)6)17-11(8-2)16-12/h7-9H2,1-6H3,(H,15,16,17). The number of rotatable bonds is 5. The van der Waals surface area contributed by atoms with Gasteiger partial charge in [0.2, 0.25) is 5.88 Å². The minimum atomic E-state index is -0.244. The highest BCUT2D eigenvalue weighted by Gasteiger charge is 2.18. The van der Waals surface area contributed by atoms with Gasteiger partial charge >= 0.3 is 0 Å². The van der Waals surface area contributed by atoms with Crippen LogP contribution < -0.4 is 10.1 Å². The van der Waals surface area contributed by atoms with Crippen molar-refractivity contribution in [2.24, 2.45) is 0 Å². The molecule has 0 aliphatic carbocycles. The Morgan fingerprint density at radius 3 is 2.33 bits per heavy atom. The largest absolute Gasteiger partial charge is 0.472 e. The van der Waals surface area contributed by atoms with Gasteiger partial charge in [0.25, 0.3) is 0 Å². The molecule has 4 heteroatoms. The van der Waals surface area contributed by atoms with E-state index in [1.165, 1.54) is 0 Å². The van der Waals surface area contributed by atoms with Crippen LogP contribution in [0.25, 0.3) is 0 Å². The monoisotopic (exact) mass is 251 g/mol. The van der Waals surface area contributed by atoms with Gasteiger partial charge in [-0.25, -0.2) is 4.98 Å². The number of hydrogen-bond donors (Lipinski definition) is 1. The highest BCUT2D eigenvalue weighted by Crippen LogP contribution is 2.25. The molecule has 4 nitrogen and oxygen atoms in total. The number of anilines is 1. The van der Waals surface area contributed by atoms with Crippen LogP contribution in [-0.2, 0) is 6.42 Å². The molecule has 0 radical (unpaired) electrons. The molecule has 0 amide bonds. The Hall–Kier alpha value is -1.32. The van der Waals surface area contributed by atoms with E-state index < -0.39 is 0 Å². The fourth-order valence-corrected chi connectivity index (χ4v) is 1.50. The number of ether oxygens (including phenoxy) is 1. The van der Waals surface area contributed by atoms with Crippen molar-refractivity contribution >= 4 is 5.82 Å². The molecule has 102 valence electrons. The third-order valence-electron chi connectivity index (χ3n) is 2.41. The van der Waals surface area contributed by atoms with E-state index in [0.717, 1.165) is 36.6 Å². The van der Waals surface area contributed by atoms with Crippen molar-refractivity contribution in [2.75, 3.05) is 11.9 Å². The zero-order valence-corrected chi connectivity index (χ0v) is 12.4. The van der Waals surface area contributed by atoms with Crippen molar-refractivity contribution in [2.45, 2.75) is 60.0 Å². The summed E-state index contributed by atoms with van der Waals surface area (Å²) in [5.41, 5.74) is 0.738. The maximum absolute atomic E-state index is 5.90. The molecular weight excluding hydrogens is 226 g/mol. The fraction of sp³-hybridized carbons (Fsp3) is 0.714. The van der Waals surface area contributed by atoms with Crippen LogP contribution >= 0.6 is 0 Å². The Balaban J connectivity index is 3.08.